The second-order valence-electron chi connectivity index (χ2n) is 7.85. The summed E-state index contributed by atoms with van der Waals surface area (Å²) in [5, 5.41) is 4.00. The number of rotatable bonds is 3. The maximum Gasteiger partial charge on any atom is 0.0309 e. The second-order valence-corrected chi connectivity index (χ2v) is 7.85. The molecule has 2 nitrogen and oxygen atoms in total. The van der Waals surface area contributed by atoms with Gasteiger partial charge in [-0.3, -0.25) is 4.90 Å². The van der Waals surface area contributed by atoms with Crippen LogP contribution in [-0.2, 0) is 0 Å². The third kappa shape index (κ3) is 2.58. The highest BCUT2D eigenvalue weighted by molar-refractivity contribution is 5.03. The largest absolute Gasteiger partial charge is 0.308 e. The first kappa shape index (κ1) is 12.6. The number of hydrogen-bond acceptors (Lipinski definition) is 2. The normalized spacial score (nSPS) is 36.3. The molecule has 4 rings (SSSR count). The van der Waals surface area contributed by atoms with Gasteiger partial charge >= 0.3 is 0 Å². The van der Waals surface area contributed by atoms with Crippen molar-refractivity contribution in [1.82, 2.24) is 10.2 Å². The fourth-order valence-corrected chi connectivity index (χ4v) is 4.73. The Labute approximate surface area is 118 Å². The Bertz CT molecular complexity index is 313. The number of nitrogens with zero attached hydrogens (tertiary/aromatic N) is 1. The van der Waals surface area contributed by atoms with Crippen molar-refractivity contribution >= 4 is 0 Å². The zero-order valence-corrected chi connectivity index (χ0v) is 12.4. The summed E-state index contributed by atoms with van der Waals surface area (Å²) in [5.41, 5.74) is 0.507. The Morgan fingerprint density at radius 1 is 0.947 bits per heavy atom. The van der Waals surface area contributed by atoms with Crippen LogP contribution in [0.2, 0.25) is 0 Å². The lowest BCUT2D eigenvalue weighted by atomic mass is 9.78. The predicted octanol–water partition coefficient (Wildman–Crippen LogP) is 3.17. The second kappa shape index (κ2) is 5.04. The fraction of sp³-hybridized carbons (Fsp3) is 1.00. The minimum Gasteiger partial charge on any atom is -0.308 e. The molecule has 19 heavy (non-hydrogen) atoms. The summed E-state index contributed by atoms with van der Waals surface area (Å²) >= 11 is 0. The van der Waals surface area contributed by atoms with Crippen LogP contribution >= 0.6 is 0 Å². The van der Waals surface area contributed by atoms with Crippen LogP contribution in [-0.4, -0.2) is 36.1 Å². The monoisotopic (exact) mass is 262 g/mol. The molecule has 0 amide bonds. The van der Waals surface area contributed by atoms with Gasteiger partial charge < -0.3 is 5.32 Å². The van der Waals surface area contributed by atoms with Gasteiger partial charge in [-0.25, -0.2) is 0 Å². The van der Waals surface area contributed by atoms with Gasteiger partial charge in [0, 0.05) is 31.2 Å². The highest BCUT2D eigenvalue weighted by Crippen LogP contribution is 2.41. The van der Waals surface area contributed by atoms with Gasteiger partial charge in [0.2, 0.25) is 0 Å². The van der Waals surface area contributed by atoms with Gasteiger partial charge in [-0.15, -0.1) is 0 Å². The van der Waals surface area contributed by atoms with E-state index in [-0.39, 0.29) is 0 Å². The van der Waals surface area contributed by atoms with Crippen LogP contribution in [0.15, 0.2) is 0 Å². The lowest BCUT2D eigenvalue weighted by molar-refractivity contribution is 0.0256. The van der Waals surface area contributed by atoms with Crippen LogP contribution in [0.4, 0.5) is 0 Å². The molecule has 1 saturated heterocycles. The van der Waals surface area contributed by atoms with E-state index in [1.807, 2.05) is 0 Å². The van der Waals surface area contributed by atoms with Crippen LogP contribution in [0.1, 0.15) is 64.2 Å². The molecule has 4 fully saturated rings. The molecule has 2 heteroatoms. The Morgan fingerprint density at radius 3 is 2.37 bits per heavy atom. The molecule has 1 unspecified atom stereocenters. The van der Waals surface area contributed by atoms with Crippen molar-refractivity contribution in [2.45, 2.75) is 75.8 Å². The maximum absolute atomic E-state index is 4.00. The topological polar surface area (TPSA) is 15.3 Å². The molecule has 1 spiro atoms. The molecule has 0 bridgehead atoms. The van der Waals surface area contributed by atoms with Crippen molar-refractivity contribution in [3.8, 4) is 0 Å². The Hall–Kier alpha value is -0.0800. The Kier molecular flexibility index (Phi) is 3.35. The van der Waals surface area contributed by atoms with E-state index in [0.717, 1.165) is 17.9 Å². The summed E-state index contributed by atoms with van der Waals surface area (Å²) in [6.45, 7) is 4.08. The molecule has 3 saturated carbocycles. The first-order valence-corrected chi connectivity index (χ1v) is 8.84. The highest BCUT2D eigenvalue weighted by atomic mass is 15.3. The average molecular weight is 262 g/mol. The summed E-state index contributed by atoms with van der Waals surface area (Å²) in [7, 11) is 0. The van der Waals surface area contributed by atoms with E-state index in [0.29, 0.717) is 5.54 Å². The molecule has 4 aliphatic rings. The highest BCUT2D eigenvalue weighted by Gasteiger charge is 2.45. The Balaban J connectivity index is 1.44. The third-order valence-corrected chi connectivity index (χ3v) is 6.36. The molecule has 1 heterocycles. The molecule has 3 aliphatic carbocycles. The average Bonchev–Trinajstić information content (AvgIpc) is 3.19. The Morgan fingerprint density at radius 2 is 1.74 bits per heavy atom. The van der Waals surface area contributed by atoms with Crippen molar-refractivity contribution in [3.63, 3.8) is 0 Å². The van der Waals surface area contributed by atoms with E-state index in [1.54, 1.807) is 0 Å². The standard InChI is InChI=1S/C17H30N2/c1-2-9-17(10-3-1)13-19(12-14-5-4-6-14)16(11-18-17)15-7-8-15/h14-16,18H,1-13H2. The van der Waals surface area contributed by atoms with Crippen LogP contribution in [0, 0.1) is 11.8 Å². The molecule has 0 aromatic carbocycles. The zero-order chi connectivity index (χ0) is 12.7. The van der Waals surface area contributed by atoms with Gasteiger partial charge in [-0.2, -0.15) is 0 Å². The summed E-state index contributed by atoms with van der Waals surface area (Å²) in [5.74, 6) is 2.08. The smallest absolute Gasteiger partial charge is 0.0309 e. The zero-order valence-electron chi connectivity index (χ0n) is 12.4. The summed E-state index contributed by atoms with van der Waals surface area (Å²) < 4.78 is 0. The first-order valence-electron chi connectivity index (χ1n) is 8.84. The van der Waals surface area contributed by atoms with Gasteiger partial charge in [0.1, 0.15) is 0 Å². The minimum absolute atomic E-state index is 0.507. The number of hydrogen-bond donors (Lipinski definition) is 1. The first-order chi connectivity index (χ1) is 9.35. The lowest BCUT2D eigenvalue weighted by Crippen LogP contribution is -2.66. The van der Waals surface area contributed by atoms with E-state index < -0.39 is 0 Å². The van der Waals surface area contributed by atoms with Gasteiger partial charge in [0.15, 0.2) is 0 Å². The van der Waals surface area contributed by atoms with E-state index in [2.05, 4.69) is 10.2 Å². The molecular weight excluding hydrogens is 232 g/mol. The van der Waals surface area contributed by atoms with E-state index in [1.165, 1.54) is 83.8 Å². The van der Waals surface area contributed by atoms with Gasteiger partial charge in [0.05, 0.1) is 0 Å². The molecule has 1 N–H and O–H groups in total. The molecule has 0 radical (unpaired) electrons. The van der Waals surface area contributed by atoms with Crippen LogP contribution in [0.25, 0.3) is 0 Å². The van der Waals surface area contributed by atoms with E-state index in [4.69, 9.17) is 0 Å². The van der Waals surface area contributed by atoms with Crippen molar-refractivity contribution in [2.75, 3.05) is 19.6 Å². The summed E-state index contributed by atoms with van der Waals surface area (Å²) in [6.07, 6.45) is 14.8. The number of nitrogens with one attached hydrogen (secondary N) is 1. The predicted molar refractivity (Wildman–Crippen MR) is 79.2 cm³/mol. The molecule has 1 atom stereocenters. The fourth-order valence-electron chi connectivity index (χ4n) is 4.73. The van der Waals surface area contributed by atoms with Crippen molar-refractivity contribution < 1.29 is 0 Å². The molecule has 0 aromatic rings. The maximum atomic E-state index is 4.00. The summed E-state index contributed by atoms with van der Waals surface area (Å²) in [6, 6.07) is 0.883. The van der Waals surface area contributed by atoms with Gasteiger partial charge in [-0.05, 0) is 50.4 Å². The molecular formula is C17H30N2. The molecule has 1 aliphatic heterocycles. The van der Waals surface area contributed by atoms with Gasteiger partial charge in [-0.1, -0.05) is 25.7 Å². The van der Waals surface area contributed by atoms with E-state index in [9.17, 15) is 0 Å². The molecule has 0 aromatic heterocycles. The van der Waals surface area contributed by atoms with Gasteiger partial charge in [0.25, 0.3) is 0 Å². The van der Waals surface area contributed by atoms with Crippen molar-refractivity contribution in [2.24, 2.45) is 11.8 Å². The van der Waals surface area contributed by atoms with Crippen molar-refractivity contribution in [3.05, 3.63) is 0 Å². The molecule has 108 valence electrons. The lowest BCUT2D eigenvalue weighted by Gasteiger charge is -2.51. The minimum atomic E-state index is 0.507. The van der Waals surface area contributed by atoms with Crippen LogP contribution in [0.3, 0.4) is 0 Å². The van der Waals surface area contributed by atoms with Crippen molar-refractivity contribution in [1.29, 1.82) is 0 Å². The summed E-state index contributed by atoms with van der Waals surface area (Å²) in [4.78, 5) is 2.93. The van der Waals surface area contributed by atoms with E-state index >= 15 is 0 Å². The van der Waals surface area contributed by atoms with Crippen LogP contribution < -0.4 is 5.32 Å². The quantitative estimate of drug-likeness (QED) is 0.840. The van der Waals surface area contributed by atoms with Crippen LogP contribution in [0.5, 0.6) is 0 Å². The SMILES string of the molecule is C1CCC2(CC1)CN(CC1CCC1)C(C1CC1)CN2. The third-order valence-electron chi connectivity index (χ3n) is 6.36. The number of piperazine rings is 1.